The molecule has 0 bridgehead atoms. The van der Waals surface area contributed by atoms with Crippen molar-refractivity contribution in [3.8, 4) is 0 Å². The van der Waals surface area contributed by atoms with Crippen molar-refractivity contribution in [2.24, 2.45) is 0 Å². The summed E-state index contributed by atoms with van der Waals surface area (Å²) in [5.41, 5.74) is 0.821. The van der Waals surface area contributed by atoms with Gasteiger partial charge in [-0.05, 0) is 44.2 Å². The Balaban J connectivity index is 2.12. The lowest BCUT2D eigenvalue weighted by molar-refractivity contribution is -0.890. The van der Waals surface area contributed by atoms with Crippen molar-refractivity contribution in [2.45, 2.75) is 38.5 Å². The summed E-state index contributed by atoms with van der Waals surface area (Å²) in [5.74, 6) is -1.92. The Morgan fingerprint density at radius 1 is 0.967 bits per heavy atom. The van der Waals surface area contributed by atoms with Gasteiger partial charge in [-0.2, -0.15) is 0 Å². The summed E-state index contributed by atoms with van der Waals surface area (Å²) in [7, 11) is 4.28. The highest BCUT2D eigenvalue weighted by atomic mass is 16.5. The Morgan fingerprint density at radius 3 is 2.23 bits per heavy atom. The van der Waals surface area contributed by atoms with Crippen molar-refractivity contribution in [1.29, 1.82) is 0 Å². The number of quaternary nitrogens is 1. The van der Waals surface area contributed by atoms with Crippen molar-refractivity contribution in [2.75, 3.05) is 39.0 Å². The fraction of sp³-hybridized carbons (Fsp3) is 0.500. The summed E-state index contributed by atoms with van der Waals surface area (Å²) in [4.78, 5) is 33.8. The van der Waals surface area contributed by atoms with E-state index in [2.05, 4.69) is 19.4 Å². The van der Waals surface area contributed by atoms with Crippen LogP contribution in [0.5, 0.6) is 0 Å². The van der Waals surface area contributed by atoms with Crippen molar-refractivity contribution in [3.63, 3.8) is 0 Å². The lowest BCUT2D eigenvalue weighted by Gasteiger charge is -2.30. The van der Waals surface area contributed by atoms with E-state index in [1.54, 1.807) is 0 Å². The number of carbonyl (C=O) groups excluding carboxylic acids is 2. The zero-order chi connectivity index (χ0) is 22.4. The number of nitrogens with one attached hydrogen (secondary N) is 1. The summed E-state index contributed by atoms with van der Waals surface area (Å²) in [6.07, 6.45) is 6.38. The molecule has 2 amide bonds. The zero-order valence-electron chi connectivity index (χ0n) is 17.9. The van der Waals surface area contributed by atoms with Gasteiger partial charge in [-0.3, -0.25) is 14.8 Å². The third-order valence-electron chi connectivity index (χ3n) is 4.73. The molecule has 0 aromatic heterocycles. The van der Waals surface area contributed by atoms with Crippen LogP contribution in [-0.4, -0.2) is 71.4 Å². The number of carboxylic acid groups (broad SMARTS) is 1. The Morgan fingerprint density at radius 2 is 1.60 bits per heavy atom. The summed E-state index contributed by atoms with van der Waals surface area (Å²) < 4.78 is 0.828. The SMILES string of the molecule is C[N+](C)(CCCCCC(=O)Nc1ccccc1)CCCCN(O)C(=O)/C=C/C(=O)O. The quantitative estimate of drug-likeness (QED) is 0.141. The van der Waals surface area contributed by atoms with Crippen LogP contribution in [0.1, 0.15) is 38.5 Å². The number of unbranched alkanes of at least 4 members (excludes halogenated alkanes) is 3. The molecule has 166 valence electrons. The first-order valence-corrected chi connectivity index (χ1v) is 10.3. The van der Waals surface area contributed by atoms with Crippen LogP contribution in [0.15, 0.2) is 42.5 Å². The van der Waals surface area contributed by atoms with E-state index in [4.69, 9.17) is 5.11 Å². The minimum atomic E-state index is -1.23. The van der Waals surface area contributed by atoms with Gasteiger partial charge < -0.3 is 14.9 Å². The second-order valence-corrected chi connectivity index (χ2v) is 7.95. The van der Waals surface area contributed by atoms with Gasteiger partial charge in [-0.1, -0.05) is 18.2 Å². The lowest BCUT2D eigenvalue weighted by atomic mass is 10.1. The number of hydrogen-bond donors (Lipinski definition) is 3. The van der Waals surface area contributed by atoms with Crippen molar-refractivity contribution in [1.82, 2.24) is 5.06 Å². The molecule has 0 spiro atoms. The fourth-order valence-corrected chi connectivity index (χ4v) is 3.00. The number of nitrogens with zero attached hydrogens (tertiary/aromatic N) is 2. The van der Waals surface area contributed by atoms with E-state index in [0.29, 0.717) is 24.0 Å². The van der Waals surface area contributed by atoms with E-state index >= 15 is 0 Å². The topological polar surface area (TPSA) is 107 Å². The van der Waals surface area contributed by atoms with Crippen molar-refractivity contribution < 1.29 is 29.2 Å². The van der Waals surface area contributed by atoms with E-state index in [1.807, 2.05) is 30.3 Å². The molecule has 1 aromatic carbocycles. The molecule has 0 fully saturated rings. The van der Waals surface area contributed by atoms with Crippen LogP contribution in [0.25, 0.3) is 0 Å². The molecular formula is C22H34N3O5+. The number of benzene rings is 1. The summed E-state index contributed by atoms with van der Waals surface area (Å²) in [5, 5.41) is 21.5. The third kappa shape index (κ3) is 12.0. The van der Waals surface area contributed by atoms with Gasteiger partial charge >= 0.3 is 5.97 Å². The maximum absolute atomic E-state index is 11.9. The molecule has 0 aliphatic rings. The Kier molecular flexibility index (Phi) is 11.4. The van der Waals surface area contributed by atoms with Gasteiger partial charge in [0.2, 0.25) is 5.91 Å². The van der Waals surface area contributed by atoms with Gasteiger partial charge in [0.1, 0.15) is 0 Å². The van der Waals surface area contributed by atoms with E-state index < -0.39 is 11.9 Å². The molecule has 30 heavy (non-hydrogen) atoms. The maximum atomic E-state index is 11.9. The summed E-state index contributed by atoms with van der Waals surface area (Å²) >= 11 is 0. The van der Waals surface area contributed by atoms with Crippen LogP contribution in [-0.2, 0) is 14.4 Å². The fourth-order valence-electron chi connectivity index (χ4n) is 3.00. The Hall–Kier alpha value is -2.71. The molecule has 1 aromatic rings. The van der Waals surface area contributed by atoms with Crippen LogP contribution < -0.4 is 5.32 Å². The van der Waals surface area contributed by atoms with Gasteiger partial charge in [-0.25, -0.2) is 9.86 Å². The number of carboxylic acids is 1. The molecule has 0 saturated carbocycles. The highest BCUT2D eigenvalue weighted by Crippen LogP contribution is 2.10. The second kappa shape index (κ2) is 13.5. The van der Waals surface area contributed by atoms with Crippen molar-refractivity contribution >= 4 is 23.5 Å². The molecule has 3 N–H and O–H groups in total. The molecule has 8 nitrogen and oxygen atoms in total. The number of carbonyl (C=O) groups is 3. The van der Waals surface area contributed by atoms with Crippen LogP contribution >= 0.6 is 0 Å². The first-order valence-electron chi connectivity index (χ1n) is 10.3. The van der Waals surface area contributed by atoms with Gasteiger partial charge in [0.05, 0.1) is 27.2 Å². The van der Waals surface area contributed by atoms with E-state index in [9.17, 15) is 19.6 Å². The molecule has 8 heteroatoms. The predicted octanol–water partition coefficient (Wildman–Crippen LogP) is 2.90. The average molecular weight is 421 g/mol. The molecule has 1 rings (SSSR count). The smallest absolute Gasteiger partial charge is 0.328 e. The standard InChI is InChI=1S/C22H33N3O5/c1-25(2,18-10-8-16-24(30)21(27)14-15-22(28)29)17-9-4-7-13-20(26)23-19-11-5-3-6-12-19/h3,5-6,11-12,14-15,30H,4,7-10,13,16-18H2,1-2H3,(H-,23,26,28,29)/p+1/b15-14+. The van der Waals surface area contributed by atoms with Crippen LogP contribution in [0.4, 0.5) is 5.69 Å². The number of aliphatic carboxylic acids is 1. The largest absolute Gasteiger partial charge is 0.478 e. The molecule has 0 aliphatic heterocycles. The lowest BCUT2D eigenvalue weighted by Crippen LogP contribution is -2.41. The number of para-hydroxylation sites is 1. The van der Waals surface area contributed by atoms with E-state index in [-0.39, 0.29) is 12.5 Å². The van der Waals surface area contributed by atoms with Crippen LogP contribution in [0, 0.1) is 0 Å². The first-order chi connectivity index (χ1) is 14.2. The minimum Gasteiger partial charge on any atom is -0.478 e. The maximum Gasteiger partial charge on any atom is 0.328 e. The Labute approximate surface area is 178 Å². The molecular weight excluding hydrogens is 386 g/mol. The molecule has 0 radical (unpaired) electrons. The van der Waals surface area contributed by atoms with E-state index in [1.165, 1.54) is 0 Å². The van der Waals surface area contributed by atoms with Crippen molar-refractivity contribution in [3.05, 3.63) is 42.5 Å². The third-order valence-corrected chi connectivity index (χ3v) is 4.73. The van der Waals surface area contributed by atoms with E-state index in [0.717, 1.165) is 55.0 Å². The zero-order valence-corrected chi connectivity index (χ0v) is 17.9. The van der Waals surface area contributed by atoms with Gasteiger partial charge in [-0.15, -0.1) is 0 Å². The molecule has 0 heterocycles. The van der Waals surface area contributed by atoms with Gasteiger partial charge in [0.25, 0.3) is 5.91 Å². The molecule has 0 aliphatic carbocycles. The highest BCUT2D eigenvalue weighted by Gasteiger charge is 2.15. The molecule has 0 atom stereocenters. The van der Waals surface area contributed by atoms with Crippen LogP contribution in [0.3, 0.4) is 0 Å². The monoisotopic (exact) mass is 420 g/mol. The van der Waals surface area contributed by atoms with Gasteiger partial charge in [0, 0.05) is 30.8 Å². The van der Waals surface area contributed by atoms with Crippen LogP contribution in [0.2, 0.25) is 0 Å². The Bertz CT molecular complexity index is 704. The molecule has 0 saturated heterocycles. The summed E-state index contributed by atoms with van der Waals surface area (Å²) in [6, 6.07) is 9.44. The predicted molar refractivity (Wildman–Crippen MR) is 115 cm³/mol. The second-order valence-electron chi connectivity index (χ2n) is 7.95. The van der Waals surface area contributed by atoms with Gasteiger partial charge in [0.15, 0.2) is 0 Å². The first kappa shape index (κ1) is 25.3. The summed E-state index contributed by atoms with van der Waals surface area (Å²) in [6.45, 7) is 2.06. The number of hydroxylamine groups is 2. The number of anilines is 1. The number of amides is 2. The number of hydrogen-bond acceptors (Lipinski definition) is 4. The normalized spacial score (nSPS) is 11.4. The number of rotatable bonds is 14. The minimum absolute atomic E-state index is 0.0382. The average Bonchev–Trinajstić information content (AvgIpc) is 2.69. The highest BCUT2D eigenvalue weighted by molar-refractivity contribution is 5.93. The molecule has 0 unspecified atom stereocenters.